The molecule has 0 aromatic heterocycles. The van der Waals surface area contributed by atoms with E-state index in [1.54, 1.807) is 46.7 Å². The van der Waals surface area contributed by atoms with Crippen molar-refractivity contribution in [3.05, 3.63) is 24.3 Å². The van der Waals surface area contributed by atoms with Crippen LogP contribution in [0.4, 0.5) is 0 Å². The smallest absolute Gasteiger partial charge is 0.309 e. The molecule has 4 rings (SSSR count). The Kier molecular flexibility index (Phi) is 21.0. The quantitative estimate of drug-likeness (QED) is 0.154. The highest BCUT2D eigenvalue weighted by molar-refractivity contribution is 5.72. The van der Waals surface area contributed by atoms with Crippen LogP contribution in [0.15, 0.2) is 24.3 Å². The number of aliphatic hydroxyl groups is 2. The van der Waals surface area contributed by atoms with Crippen molar-refractivity contribution >= 4 is 24.2 Å². The van der Waals surface area contributed by atoms with Gasteiger partial charge >= 0.3 is 17.9 Å². The molecule has 0 aromatic carbocycles. The number of cyclic esters (lactones) is 1. The van der Waals surface area contributed by atoms with Gasteiger partial charge < -0.3 is 72.2 Å². The molecule has 0 bridgehead atoms. The molecule has 19 unspecified atom stereocenters. The fraction of sp³-hybridized carbons (Fsp3) is 0.830. The van der Waals surface area contributed by atoms with Crippen molar-refractivity contribution in [1.29, 1.82) is 0 Å². The van der Waals surface area contributed by atoms with Crippen LogP contribution >= 0.6 is 0 Å². The number of carbonyl (C=O) groups excluding carboxylic acids is 4. The van der Waals surface area contributed by atoms with E-state index in [4.69, 9.17) is 47.4 Å². The van der Waals surface area contributed by atoms with E-state index in [0.717, 1.165) is 12.7 Å². The van der Waals surface area contributed by atoms with E-state index in [9.17, 15) is 29.4 Å². The minimum absolute atomic E-state index is 0.0464. The Morgan fingerprint density at radius 3 is 2.12 bits per heavy atom. The maximum Gasteiger partial charge on any atom is 0.309 e. The summed E-state index contributed by atoms with van der Waals surface area (Å²) in [6.07, 6.45) is -1.93. The van der Waals surface area contributed by atoms with Gasteiger partial charge in [-0.25, -0.2) is 0 Å². The standard InChI is InChI=1S/C47H78N2O16/c1-26-23-33(21-22-50)43(65-46-41(54)40(49(11)12)42(29(4)60-46)64-39-25-47(8,55)45(30(5)59-39)62-32(7)52)44(56-13)36(61-31(6)51)24-37(53)57-27(2)17-15-14-16-18-35(26)63-38-20-19-34(48(9)10)28(3)58-38/h14-16,18,22,26-30,33-36,38-46,54-55H,17,19-21,23-25H2,1-13H3/b15-14-,18-16-. The molecule has 4 heterocycles. The van der Waals surface area contributed by atoms with Crippen LogP contribution in [-0.4, -0.2) is 183 Å². The molecule has 65 heavy (non-hydrogen) atoms. The predicted molar refractivity (Wildman–Crippen MR) is 236 cm³/mol. The fourth-order valence-electron chi connectivity index (χ4n) is 9.80. The number of hydrogen-bond acceptors (Lipinski definition) is 18. The molecule has 3 saturated heterocycles. The summed E-state index contributed by atoms with van der Waals surface area (Å²) in [5.41, 5.74) is -1.49. The highest BCUT2D eigenvalue weighted by atomic mass is 16.7. The SMILES string of the molecule is COC1C(OC(C)=O)CC(=O)OC(C)C/C=C\C=C/C(OC2CCC(N(C)C)C(C)O2)C(C)CC(CC=O)C1OC1OC(C)C(OC2CC(C)(O)C(OC(C)=O)C(C)O2)C(N(C)C)C1O. The van der Waals surface area contributed by atoms with Gasteiger partial charge in [0.1, 0.15) is 42.4 Å². The van der Waals surface area contributed by atoms with Gasteiger partial charge in [0.05, 0.1) is 43.0 Å². The molecule has 372 valence electrons. The van der Waals surface area contributed by atoms with E-state index >= 15 is 0 Å². The number of carbonyl (C=O) groups is 4. The van der Waals surface area contributed by atoms with Crippen molar-refractivity contribution in [3.63, 3.8) is 0 Å². The summed E-state index contributed by atoms with van der Waals surface area (Å²) in [4.78, 5) is 54.6. The van der Waals surface area contributed by atoms with E-state index in [-0.39, 0.29) is 30.9 Å². The number of nitrogens with zero attached hydrogens (tertiary/aromatic N) is 2. The number of rotatable bonds is 13. The van der Waals surface area contributed by atoms with Gasteiger partial charge in [-0.1, -0.05) is 31.2 Å². The zero-order chi connectivity index (χ0) is 48.3. The maximum atomic E-state index is 13.5. The zero-order valence-electron chi connectivity index (χ0n) is 40.7. The molecule has 0 aliphatic carbocycles. The monoisotopic (exact) mass is 927 g/mol. The molecule has 19 atom stereocenters. The molecule has 0 spiro atoms. The number of hydrogen-bond donors (Lipinski definition) is 2. The van der Waals surface area contributed by atoms with Crippen LogP contribution in [0.25, 0.3) is 0 Å². The second kappa shape index (κ2) is 24.9. The van der Waals surface area contributed by atoms with Gasteiger partial charge in [0.15, 0.2) is 25.0 Å². The van der Waals surface area contributed by atoms with Crippen LogP contribution in [-0.2, 0) is 66.5 Å². The van der Waals surface area contributed by atoms with Gasteiger partial charge in [-0.2, -0.15) is 0 Å². The molecule has 18 nitrogen and oxygen atoms in total. The summed E-state index contributed by atoms with van der Waals surface area (Å²) in [6.45, 7) is 13.3. The summed E-state index contributed by atoms with van der Waals surface area (Å²) in [6, 6.07) is -0.544. The first kappa shape index (κ1) is 54.7. The van der Waals surface area contributed by atoms with Crippen molar-refractivity contribution in [2.45, 2.75) is 204 Å². The van der Waals surface area contributed by atoms with Gasteiger partial charge in [0, 0.05) is 46.3 Å². The number of aldehydes is 1. The topological polar surface area (TPSA) is 208 Å². The lowest BCUT2D eigenvalue weighted by Gasteiger charge is -2.50. The second-order valence-corrected chi connectivity index (χ2v) is 19.0. The minimum Gasteiger partial charge on any atom is -0.462 e. The Labute approximate surface area is 385 Å². The first-order chi connectivity index (χ1) is 30.6. The van der Waals surface area contributed by atoms with Crippen molar-refractivity contribution in [1.82, 2.24) is 9.80 Å². The molecular weight excluding hydrogens is 849 g/mol. The Morgan fingerprint density at radius 1 is 0.862 bits per heavy atom. The van der Waals surface area contributed by atoms with E-state index < -0.39 is 122 Å². The van der Waals surface area contributed by atoms with Crippen LogP contribution in [0, 0.1) is 11.8 Å². The highest BCUT2D eigenvalue weighted by Gasteiger charge is 2.53. The third-order valence-corrected chi connectivity index (χ3v) is 12.9. The van der Waals surface area contributed by atoms with Crippen molar-refractivity contribution in [2.24, 2.45) is 11.8 Å². The molecule has 0 amide bonds. The predicted octanol–water partition coefficient (Wildman–Crippen LogP) is 3.47. The maximum absolute atomic E-state index is 13.5. The van der Waals surface area contributed by atoms with E-state index in [2.05, 4.69) is 4.90 Å². The zero-order valence-corrected chi connectivity index (χ0v) is 40.7. The molecule has 3 fully saturated rings. The lowest BCUT2D eigenvalue weighted by atomic mass is 9.82. The average Bonchev–Trinajstić information content (AvgIpc) is 3.19. The van der Waals surface area contributed by atoms with Gasteiger partial charge in [-0.15, -0.1) is 0 Å². The summed E-state index contributed by atoms with van der Waals surface area (Å²) in [5.74, 6) is -2.81. The van der Waals surface area contributed by atoms with Crippen molar-refractivity contribution in [3.8, 4) is 0 Å². The lowest BCUT2D eigenvalue weighted by Crippen LogP contribution is -2.66. The highest BCUT2D eigenvalue weighted by Crippen LogP contribution is 2.38. The van der Waals surface area contributed by atoms with E-state index in [1.165, 1.54) is 21.0 Å². The Bertz CT molecular complexity index is 1590. The van der Waals surface area contributed by atoms with Crippen molar-refractivity contribution < 1.29 is 76.8 Å². The summed E-state index contributed by atoms with van der Waals surface area (Å²) >= 11 is 0. The van der Waals surface area contributed by atoms with Gasteiger partial charge in [-0.05, 0) is 93.9 Å². The van der Waals surface area contributed by atoms with Crippen LogP contribution in [0.1, 0.15) is 100 Å². The van der Waals surface area contributed by atoms with E-state index in [1.807, 2.05) is 52.2 Å². The van der Waals surface area contributed by atoms with Gasteiger partial charge in [0.25, 0.3) is 0 Å². The minimum atomic E-state index is -1.49. The Hall–Kier alpha value is -2.88. The molecule has 4 aliphatic heterocycles. The van der Waals surface area contributed by atoms with Crippen LogP contribution in [0.3, 0.4) is 0 Å². The lowest BCUT2D eigenvalue weighted by molar-refractivity contribution is -0.344. The Balaban J connectivity index is 1.72. The Morgan fingerprint density at radius 2 is 1.54 bits per heavy atom. The number of allylic oxidation sites excluding steroid dienone is 2. The van der Waals surface area contributed by atoms with Crippen LogP contribution in [0.5, 0.6) is 0 Å². The first-order valence-electron chi connectivity index (χ1n) is 23.1. The largest absolute Gasteiger partial charge is 0.462 e. The molecular formula is C47H78N2O16. The number of esters is 3. The first-order valence-corrected chi connectivity index (χ1v) is 23.1. The summed E-state index contributed by atoms with van der Waals surface area (Å²) < 4.78 is 62.1. The number of methoxy groups -OCH3 is 1. The molecule has 18 heteroatoms. The van der Waals surface area contributed by atoms with Crippen molar-refractivity contribution in [2.75, 3.05) is 35.3 Å². The van der Waals surface area contributed by atoms with Crippen LogP contribution in [0.2, 0.25) is 0 Å². The van der Waals surface area contributed by atoms with Gasteiger partial charge in [-0.3, -0.25) is 14.4 Å². The third-order valence-electron chi connectivity index (χ3n) is 12.9. The second-order valence-electron chi connectivity index (χ2n) is 19.0. The molecule has 2 N–H and O–H groups in total. The van der Waals surface area contributed by atoms with Gasteiger partial charge in [0.2, 0.25) is 0 Å². The average molecular weight is 927 g/mol. The summed E-state index contributed by atoms with van der Waals surface area (Å²) in [7, 11) is 8.99. The van der Waals surface area contributed by atoms with E-state index in [0.29, 0.717) is 19.3 Å². The number of likely N-dealkylation sites (N-methyl/N-ethyl adjacent to an activating group) is 2. The number of ether oxygens (including phenoxy) is 10. The normalized spacial score (nSPS) is 42.4. The molecule has 0 radical (unpaired) electrons. The fourth-order valence-corrected chi connectivity index (χ4v) is 9.80. The molecule has 0 aromatic rings. The number of aliphatic hydroxyl groups excluding tert-OH is 1. The molecule has 0 saturated carbocycles. The summed E-state index contributed by atoms with van der Waals surface area (Å²) in [5, 5.41) is 23.6. The molecule has 4 aliphatic rings. The third kappa shape index (κ3) is 15.3. The van der Waals surface area contributed by atoms with Crippen LogP contribution < -0.4 is 0 Å².